The Labute approximate surface area is 107 Å². The Morgan fingerprint density at radius 1 is 1.35 bits per heavy atom. The average Bonchev–Trinajstić information content (AvgIpc) is 2.34. The van der Waals surface area contributed by atoms with Crippen LogP contribution in [0.2, 0.25) is 5.02 Å². The lowest BCUT2D eigenvalue weighted by Crippen LogP contribution is -2.37. The Balaban J connectivity index is 2.16. The molecule has 0 saturated carbocycles. The molecular formula is C13H19ClN2O. The van der Waals surface area contributed by atoms with Crippen molar-refractivity contribution in [3.05, 3.63) is 22.7 Å². The molecule has 1 heterocycles. The van der Waals surface area contributed by atoms with Crippen molar-refractivity contribution in [1.29, 1.82) is 0 Å². The molecule has 2 N–H and O–H groups in total. The Hall–Kier alpha value is -0.930. The fourth-order valence-corrected chi connectivity index (χ4v) is 2.52. The van der Waals surface area contributed by atoms with E-state index in [1.54, 1.807) is 7.11 Å². The smallest absolute Gasteiger partial charge is 0.0656 e. The number of nitrogens with two attached hydrogens (primary N) is 1. The molecule has 0 aliphatic carbocycles. The average molecular weight is 255 g/mol. The summed E-state index contributed by atoms with van der Waals surface area (Å²) in [5, 5.41) is 0.638. The maximum atomic E-state index is 6.08. The Bertz CT molecular complexity index is 401. The van der Waals surface area contributed by atoms with Gasteiger partial charge in [0.25, 0.3) is 0 Å². The highest BCUT2D eigenvalue weighted by molar-refractivity contribution is 6.33. The van der Waals surface area contributed by atoms with E-state index < -0.39 is 0 Å². The van der Waals surface area contributed by atoms with E-state index in [1.165, 1.54) is 11.3 Å². The van der Waals surface area contributed by atoms with Gasteiger partial charge in [-0.25, -0.2) is 0 Å². The van der Waals surface area contributed by atoms with Crippen LogP contribution in [0, 0.1) is 6.92 Å². The molecule has 0 unspecified atom stereocenters. The van der Waals surface area contributed by atoms with Crippen LogP contribution < -0.4 is 10.6 Å². The summed E-state index contributed by atoms with van der Waals surface area (Å²) in [6.07, 6.45) is 2.53. The van der Waals surface area contributed by atoms with Crippen LogP contribution >= 0.6 is 11.6 Å². The van der Waals surface area contributed by atoms with Gasteiger partial charge in [0.2, 0.25) is 0 Å². The summed E-state index contributed by atoms with van der Waals surface area (Å²) < 4.78 is 5.38. The Morgan fingerprint density at radius 3 is 2.59 bits per heavy atom. The lowest BCUT2D eigenvalue weighted by molar-refractivity contribution is 0.0819. The van der Waals surface area contributed by atoms with Gasteiger partial charge in [-0.1, -0.05) is 11.6 Å². The number of hydrogen-bond acceptors (Lipinski definition) is 3. The molecule has 0 radical (unpaired) electrons. The molecule has 3 nitrogen and oxygen atoms in total. The number of anilines is 2. The third kappa shape index (κ3) is 2.67. The molecule has 1 fully saturated rings. The van der Waals surface area contributed by atoms with E-state index in [0.717, 1.165) is 25.9 Å². The highest BCUT2D eigenvalue weighted by Crippen LogP contribution is 2.31. The fourth-order valence-electron chi connectivity index (χ4n) is 2.37. The van der Waals surface area contributed by atoms with Crippen LogP contribution in [0.5, 0.6) is 0 Å². The second-order valence-corrected chi connectivity index (χ2v) is 4.99. The zero-order chi connectivity index (χ0) is 12.4. The molecule has 17 heavy (non-hydrogen) atoms. The zero-order valence-electron chi connectivity index (χ0n) is 10.4. The van der Waals surface area contributed by atoms with Crippen molar-refractivity contribution >= 4 is 23.0 Å². The largest absolute Gasteiger partial charge is 0.398 e. The molecule has 2 rings (SSSR count). The maximum absolute atomic E-state index is 6.08. The molecule has 0 spiro atoms. The molecule has 4 heteroatoms. The predicted octanol–water partition coefficient (Wildman–Crippen LogP) is 2.85. The summed E-state index contributed by atoms with van der Waals surface area (Å²) >= 11 is 6.08. The first-order valence-electron chi connectivity index (χ1n) is 5.95. The molecule has 1 aromatic rings. The zero-order valence-corrected chi connectivity index (χ0v) is 11.1. The first-order chi connectivity index (χ1) is 8.11. The number of hydrogen-bond donors (Lipinski definition) is 1. The van der Waals surface area contributed by atoms with E-state index in [0.29, 0.717) is 16.8 Å². The quantitative estimate of drug-likeness (QED) is 0.825. The van der Waals surface area contributed by atoms with Crippen LogP contribution in [-0.4, -0.2) is 26.3 Å². The molecule has 0 atom stereocenters. The Morgan fingerprint density at radius 2 is 2.00 bits per heavy atom. The molecule has 0 amide bonds. The number of benzene rings is 1. The number of ether oxygens (including phenoxy) is 1. The SMILES string of the molecule is COC1CCN(c2cc(Cl)c(N)cc2C)CC1. The van der Waals surface area contributed by atoms with Crippen LogP contribution in [0.3, 0.4) is 0 Å². The van der Waals surface area contributed by atoms with Crippen molar-refractivity contribution < 1.29 is 4.74 Å². The number of piperidine rings is 1. The molecule has 1 saturated heterocycles. The number of nitrogen functional groups attached to an aromatic ring is 1. The summed E-state index contributed by atoms with van der Waals surface area (Å²) in [5.74, 6) is 0. The highest BCUT2D eigenvalue weighted by Gasteiger charge is 2.20. The molecule has 1 aromatic carbocycles. The first-order valence-corrected chi connectivity index (χ1v) is 6.33. The van der Waals surface area contributed by atoms with Crippen LogP contribution in [-0.2, 0) is 4.74 Å². The second kappa shape index (κ2) is 5.15. The molecule has 1 aliphatic heterocycles. The van der Waals surface area contributed by atoms with E-state index >= 15 is 0 Å². The van der Waals surface area contributed by atoms with Gasteiger partial charge < -0.3 is 15.4 Å². The van der Waals surface area contributed by atoms with Gasteiger partial charge in [-0.2, -0.15) is 0 Å². The van der Waals surface area contributed by atoms with Gasteiger partial charge in [-0.05, 0) is 37.5 Å². The summed E-state index contributed by atoms with van der Waals surface area (Å²) in [6.45, 7) is 4.10. The van der Waals surface area contributed by atoms with Crippen LogP contribution in [0.15, 0.2) is 12.1 Å². The van der Waals surface area contributed by atoms with Gasteiger partial charge in [0.15, 0.2) is 0 Å². The van der Waals surface area contributed by atoms with Gasteiger partial charge in [0.1, 0.15) is 0 Å². The number of methoxy groups -OCH3 is 1. The molecule has 0 aromatic heterocycles. The molecule has 0 bridgehead atoms. The first kappa shape index (κ1) is 12.5. The van der Waals surface area contributed by atoms with Gasteiger partial charge in [0, 0.05) is 25.9 Å². The maximum Gasteiger partial charge on any atom is 0.0656 e. The van der Waals surface area contributed by atoms with Gasteiger partial charge >= 0.3 is 0 Å². The van der Waals surface area contributed by atoms with Crippen molar-refractivity contribution in [1.82, 2.24) is 0 Å². The van der Waals surface area contributed by atoms with E-state index in [9.17, 15) is 0 Å². The normalized spacial score (nSPS) is 17.5. The van der Waals surface area contributed by atoms with Gasteiger partial charge in [-0.15, -0.1) is 0 Å². The van der Waals surface area contributed by atoms with Crippen molar-refractivity contribution in [3.8, 4) is 0 Å². The minimum Gasteiger partial charge on any atom is -0.398 e. The van der Waals surface area contributed by atoms with E-state index in [2.05, 4.69) is 11.8 Å². The van der Waals surface area contributed by atoms with Crippen molar-refractivity contribution in [2.75, 3.05) is 30.8 Å². The van der Waals surface area contributed by atoms with E-state index in [4.69, 9.17) is 22.1 Å². The van der Waals surface area contributed by atoms with Gasteiger partial charge in [-0.3, -0.25) is 0 Å². The third-order valence-electron chi connectivity index (χ3n) is 3.43. The minimum atomic E-state index is 0.399. The van der Waals surface area contributed by atoms with Crippen LogP contribution in [0.4, 0.5) is 11.4 Å². The topological polar surface area (TPSA) is 38.5 Å². The molecule has 1 aliphatic rings. The number of rotatable bonds is 2. The van der Waals surface area contributed by atoms with E-state index in [1.807, 2.05) is 12.1 Å². The fraction of sp³-hybridized carbons (Fsp3) is 0.538. The molecular weight excluding hydrogens is 236 g/mol. The summed E-state index contributed by atoms with van der Waals surface area (Å²) in [5.41, 5.74) is 8.82. The van der Waals surface area contributed by atoms with Crippen molar-refractivity contribution in [2.45, 2.75) is 25.9 Å². The van der Waals surface area contributed by atoms with Gasteiger partial charge in [0.05, 0.1) is 16.8 Å². The van der Waals surface area contributed by atoms with Crippen molar-refractivity contribution in [2.24, 2.45) is 0 Å². The Kier molecular flexibility index (Phi) is 3.79. The number of aryl methyl sites for hydroxylation is 1. The number of nitrogens with zero attached hydrogens (tertiary/aromatic N) is 1. The highest BCUT2D eigenvalue weighted by atomic mass is 35.5. The summed E-state index contributed by atoms with van der Waals surface area (Å²) in [4.78, 5) is 2.36. The van der Waals surface area contributed by atoms with Crippen LogP contribution in [0.1, 0.15) is 18.4 Å². The molecule has 94 valence electrons. The predicted molar refractivity (Wildman–Crippen MR) is 72.8 cm³/mol. The number of halogens is 1. The van der Waals surface area contributed by atoms with Crippen molar-refractivity contribution in [3.63, 3.8) is 0 Å². The third-order valence-corrected chi connectivity index (χ3v) is 3.76. The lowest BCUT2D eigenvalue weighted by Gasteiger charge is -2.34. The monoisotopic (exact) mass is 254 g/mol. The van der Waals surface area contributed by atoms with E-state index in [-0.39, 0.29) is 0 Å². The summed E-state index contributed by atoms with van der Waals surface area (Å²) in [6, 6.07) is 3.92. The minimum absolute atomic E-state index is 0.399. The summed E-state index contributed by atoms with van der Waals surface area (Å²) in [7, 11) is 1.78. The van der Waals surface area contributed by atoms with Crippen LogP contribution in [0.25, 0.3) is 0 Å². The standard InChI is InChI=1S/C13H19ClN2O/c1-9-7-12(15)11(14)8-13(9)16-5-3-10(17-2)4-6-16/h7-8,10H,3-6,15H2,1-2H3. The second-order valence-electron chi connectivity index (χ2n) is 4.58. The lowest BCUT2D eigenvalue weighted by atomic mass is 10.0.